The third-order valence-electron chi connectivity index (χ3n) is 3.43. The van der Waals surface area contributed by atoms with Crippen LogP contribution in [0.5, 0.6) is 5.75 Å². The van der Waals surface area contributed by atoms with Crippen LogP contribution >= 0.6 is 34.7 Å². The van der Waals surface area contributed by atoms with Crippen molar-refractivity contribution in [1.82, 2.24) is 15.2 Å². The lowest BCUT2D eigenvalue weighted by Gasteiger charge is -2.14. The Balaban J connectivity index is 1.51. The van der Waals surface area contributed by atoms with Gasteiger partial charge in [-0.25, -0.2) is 4.98 Å². The van der Waals surface area contributed by atoms with E-state index in [1.165, 1.54) is 30.0 Å². The molecule has 1 amide bonds. The van der Waals surface area contributed by atoms with E-state index in [4.69, 9.17) is 20.8 Å². The number of carbonyl (C=O) groups excluding carboxylic acids is 1. The summed E-state index contributed by atoms with van der Waals surface area (Å²) in [6, 6.07) is 7.05. The molecule has 0 unspecified atom stereocenters. The minimum absolute atomic E-state index is 0.0201. The van der Waals surface area contributed by atoms with Crippen molar-refractivity contribution in [2.75, 3.05) is 11.4 Å². The standard InChI is InChI=1S/C17H17ClN4O3S2/c1-3-22(11(2)23)16-19-13(9-26-16)10-27-17-21-20-15(25-17)8-24-14-6-4-12(18)5-7-14/h4-7,9H,3,8,10H2,1-2H3. The number of aromatic nitrogens is 3. The minimum atomic E-state index is -0.0201. The average Bonchev–Trinajstić information content (AvgIpc) is 3.29. The fourth-order valence-electron chi connectivity index (χ4n) is 2.15. The Morgan fingerprint density at radius 3 is 2.81 bits per heavy atom. The second-order valence-corrected chi connectivity index (χ2v) is 7.58. The van der Waals surface area contributed by atoms with Crippen molar-refractivity contribution in [2.45, 2.75) is 31.4 Å². The SMILES string of the molecule is CCN(C(C)=O)c1nc(CSc2nnc(COc3ccc(Cl)cc3)o2)cs1. The smallest absolute Gasteiger partial charge is 0.277 e. The molecule has 2 aromatic heterocycles. The number of amides is 1. The molecular formula is C17H17ClN4O3S2. The van der Waals surface area contributed by atoms with Crippen molar-refractivity contribution >= 4 is 45.7 Å². The van der Waals surface area contributed by atoms with Gasteiger partial charge in [-0.05, 0) is 31.2 Å². The number of benzene rings is 1. The van der Waals surface area contributed by atoms with E-state index in [0.29, 0.717) is 39.3 Å². The van der Waals surface area contributed by atoms with E-state index < -0.39 is 0 Å². The van der Waals surface area contributed by atoms with Crippen molar-refractivity contribution in [2.24, 2.45) is 0 Å². The molecule has 0 spiro atoms. The van der Waals surface area contributed by atoms with Gasteiger partial charge in [-0.2, -0.15) is 0 Å². The third-order valence-corrected chi connectivity index (χ3v) is 5.45. The summed E-state index contributed by atoms with van der Waals surface area (Å²) in [7, 11) is 0. The zero-order chi connectivity index (χ0) is 19.2. The van der Waals surface area contributed by atoms with Crippen LogP contribution in [0.25, 0.3) is 0 Å². The number of nitrogens with zero attached hydrogens (tertiary/aromatic N) is 4. The highest BCUT2D eigenvalue weighted by Crippen LogP contribution is 2.26. The first-order chi connectivity index (χ1) is 13.0. The van der Waals surface area contributed by atoms with Gasteiger partial charge in [-0.15, -0.1) is 21.5 Å². The van der Waals surface area contributed by atoms with E-state index in [-0.39, 0.29) is 12.5 Å². The number of hydrogen-bond donors (Lipinski definition) is 0. The summed E-state index contributed by atoms with van der Waals surface area (Å²) in [6.45, 7) is 4.23. The normalized spacial score (nSPS) is 10.8. The highest BCUT2D eigenvalue weighted by molar-refractivity contribution is 7.98. The van der Waals surface area contributed by atoms with Crippen molar-refractivity contribution in [3.05, 3.63) is 46.3 Å². The summed E-state index contributed by atoms with van der Waals surface area (Å²) < 4.78 is 11.1. The summed E-state index contributed by atoms with van der Waals surface area (Å²) in [5, 5.41) is 11.7. The van der Waals surface area contributed by atoms with Gasteiger partial charge in [-0.3, -0.25) is 9.69 Å². The first kappa shape index (κ1) is 19.7. The summed E-state index contributed by atoms with van der Waals surface area (Å²) in [5.41, 5.74) is 0.858. The Hall–Kier alpha value is -2.10. The minimum Gasteiger partial charge on any atom is -0.484 e. The van der Waals surface area contributed by atoms with E-state index in [1.807, 2.05) is 12.3 Å². The van der Waals surface area contributed by atoms with Gasteiger partial charge in [0.25, 0.3) is 11.1 Å². The molecule has 0 aliphatic carbocycles. The summed E-state index contributed by atoms with van der Waals surface area (Å²) >= 11 is 8.67. The molecule has 0 aliphatic rings. The van der Waals surface area contributed by atoms with Gasteiger partial charge in [0.05, 0.1) is 5.69 Å². The van der Waals surface area contributed by atoms with Crippen LogP contribution in [0.3, 0.4) is 0 Å². The molecule has 0 saturated carbocycles. The van der Waals surface area contributed by atoms with E-state index in [2.05, 4.69) is 15.2 Å². The average molecular weight is 425 g/mol. The van der Waals surface area contributed by atoms with Crippen LogP contribution in [-0.4, -0.2) is 27.6 Å². The maximum Gasteiger partial charge on any atom is 0.277 e. The summed E-state index contributed by atoms with van der Waals surface area (Å²) in [4.78, 5) is 17.7. The van der Waals surface area contributed by atoms with E-state index >= 15 is 0 Å². The van der Waals surface area contributed by atoms with E-state index in [0.717, 1.165) is 5.69 Å². The number of hydrogen-bond acceptors (Lipinski definition) is 8. The van der Waals surface area contributed by atoms with E-state index in [1.54, 1.807) is 29.2 Å². The Bertz CT molecular complexity index is 898. The highest BCUT2D eigenvalue weighted by Gasteiger charge is 2.14. The monoisotopic (exact) mass is 424 g/mol. The molecule has 0 bridgehead atoms. The van der Waals surface area contributed by atoms with Crippen LogP contribution in [0.15, 0.2) is 39.3 Å². The number of anilines is 1. The zero-order valence-corrected chi connectivity index (χ0v) is 17.1. The molecule has 0 aliphatic heterocycles. The van der Waals surface area contributed by atoms with E-state index in [9.17, 15) is 4.79 Å². The van der Waals surface area contributed by atoms with Crippen LogP contribution in [0.4, 0.5) is 5.13 Å². The first-order valence-electron chi connectivity index (χ1n) is 8.11. The fourth-order valence-corrected chi connectivity index (χ4v) is 3.98. The number of halogens is 1. The molecule has 0 saturated heterocycles. The van der Waals surface area contributed by atoms with Crippen LogP contribution < -0.4 is 9.64 Å². The first-order valence-corrected chi connectivity index (χ1v) is 10.4. The van der Waals surface area contributed by atoms with Gasteiger partial charge in [0, 0.05) is 29.6 Å². The second kappa shape index (κ2) is 9.20. The van der Waals surface area contributed by atoms with Gasteiger partial charge >= 0.3 is 0 Å². The Morgan fingerprint density at radius 2 is 2.11 bits per heavy atom. The van der Waals surface area contributed by atoms with Crippen LogP contribution in [0.2, 0.25) is 5.02 Å². The highest BCUT2D eigenvalue weighted by atomic mass is 35.5. The Morgan fingerprint density at radius 1 is 1.33 bits per heavy atom. The molecule has 0 N–H and O–H groups in total. The van der Waals surface area contributed by atoms with Crippen LogP contribution in [-0.2, 0) is 17.2 Å². The Kier molecular flexibility index (Phi) is 6.70. The van der Waals surface area contributed by atoms with Gasteiger partial charge in [0.15, 0.2) is 11.7 Å². The van der Waals surface area contributed by atoms with Crippen molar-refractivity contribution in [3.63, 3.8) is 0 Å². The molecule has 3 rings (SSSR count). The quantitative estimate of drug-likeness (QED) is 0.495. The maximum absolute atomic E-state index is 11.6. The molecule has 2 heterocycles. The number of carbonyl (C=O) groups is 1. The molecule has 3 aromatic rings. The largest absolute Gasteiger partial charge is 0.484 e. The summed E-state index contributed by atoms with van der Waals surface area (Å²) in [6.07, 6.45) is 0. The van der Waals surface area contributed by atoms with Gasteiger partial charge < -0.3 is 9.15 Å². The molecular weight excluding hydrogens is 408 g/mol. The molecule has 10 heteroatoms. The molecule has 0 atom stereocenters. The number of rotatable bonds is 8. The number of thioether (sulfide) groups is 1. The molecule has 7 nitrogen and oxygen atoms in total. The van der Waals surface area contributed by atoms with Crippen molar-refractivity contribution in [1.29, 1.82) is 0 Å². The van der Waals surface area contributed by atoms with Crippen LogP contribution in [0.1, 0.15) is 25.4 Å². The molecule has 1 aromatic carbocycles. The predicted molar refractivity (Wildman–Crippen MR) is 105 cm³/mol. The number of ether oxygens (including phenoxy) is 1. The Labute approximate surface area is 169 Å². The lowest BCUT2D eigenvalue weighted by molar-refractivity contribution is -0.116. The molecule has 27 heavy (non-hydrogen) atoms. The molecule has 0 radical (unpaired) electrons. The zero-order valence-electron chi connectivity index (χ0n) is 14.7. The van der Waals surface area contributed by atoms with Gasteiger partial charge in [0.1, 0.15) is 5.75 Å². The van der Waals surface area contributed by atoms with Gasteiger partial charge in [0.2, 0.25) is 5.91 Å². The third kappa shape index (κ3) is 5.44. The molecule has 0 fully saturated rings. The van der Waals surface area contributed by atoms with Gasteiger partial charge in [-0.1, -0.05) is 23.4 Å². The topological polar surface area (TPSA) is 81.4 Å². The van der Waals surface area contributed by atoms with Crippen molar-refractivity contribution in [3.8, 4) is 5.75 Å². The maximum atomic E-state index is 11.6. The predicted octanol–water partition coefficient (Wildman–Crippen LogP) is 4.42. The lowest BCUT2D eigenvalue weighted by Crippen LogP contribution is -2.27. The lowest BCUT2D eigenvalue weighted by atomic mass is 10.3. The van der Waals surface area contributed by atoms with Crippen LogP contribution in [0, 0.1) is 0 Å². The fraction of sp³-hybridized carbons (Fsp3) is 0.294. The molecule has 142 valence electrons. The number of thiazole rings is 1. The second-order valence-electron chi connectivity index (χ2n) is 5.38. The van der Waals surface area contributed by atoms with Crippen molar-refractivity contribution < 1.29 is 13.9 Å². The summed E-state index contributed by atoms with van der Waals surface area (Å²) in [5.74, 6) is 1.62.